The first-order chi connectivity index (χ1) is 5.77. The van der Waals surface area contributed by atoms with Gasteiger partial charge in [0.15, 0.2) is 0 Å². The molecule has 1 rings (SSSR count). The van der Waals surface area contributed by atoms with E-state index < -0.39 is 6.10 Å². The van der Waals surface area contributed by atoms with Crippen molar-refractivity contribution < 1.29 is 9.84 Å². The molecule has 62 valence electrons. The van der Waals surface area contributed by atoms with Gasteiger partial charge in [0, 0.05) is 0 Å². The number of aliphatic hydroxyl groups is 1. The van der Waals surface area contributed by atoms with Crippen molar-refractivity contribution >= 4 is 0 Å². The zero-order chi connectivity index (χ0) is 8.97. The second-order valence-corrected chi connectivity index (χ2v) is 2.34. The van der Waals surface area contributed by atoms with E-state index in [2.05, 4.69) is 5.92 Å². The summed E-state index contributed by atoms with van der Waals surface area (Å²) in [4.78, 5) is 0. The van der Waals surface area contributed by atoms with Gasteiger partial charge in [0.1, 0.15) is 11.9 Å². The van der Waals surface area contributed by atoms with Crippen molar-refractivity contribution in [1.29, 1.82) is 0 Å². The SMILES string of the molecule is C#CC(O)c1ccc(OC)cc1. The molecule has 0 heterocycles. The van der Waals surface area contributed by atoms with E-state index in [0.29, 0.717) is 5.56 Å². The summed E-state index contributed by atoms with van der Waals surface area (Å²) >= 11 is 0. The molecule has 0 radical (unpaired) electrons. The fourth-order valence-electron chi connectivity index (χ4n) is 0.882. The van der Waals surface area contributed by atoms with E-state index in [1.807, 2.05) is 0 Å². The highest BCUT2D eigenvalue weighted by Gasteiger charge is 2.01. The standard InChI is InChI=1S/C10H10O2/c1-3-10(11)8-4-6-9(12-2)7-5-8/h1,4-7,10-11H,2H3. The molecule has 0 aromatic heterocycles. The number of ether oxygens (including phenoxy) is 1. The molecule has 0 saturated carbocycles. The van der Waals surface area contributed by atoms with E-state index in [0.717, 1.165) is 5.75 Å². The van der Waals surface area contributed by atoms with E-state index >= 15 is 0 Å². The minimum absolute atomic E-state index is 0.707. The lowest BCUT2D eigenvalue weighted by Gasteiger charge is -2.04. The van der Waals surface area contributed by atoms with Gasteiger partial charge in [-0.2, -0.15) is 0 Å². The summed E-state index contributed by atoms with van der Waals surface area (Å²) in [7, 11) is 1.59. The quantitative estimate of drug-likeness (QED) is 0.665. The van der Waals surface area contributed by atoms with Gasteiger partial charge < -0.3 is 9.84 Å². The maximum absolute atomic E-state index is 9.22. The van der Waals surface area contributed by atoms with E-state index in [-0.39, 0.29) is 0 Å². The van der Waals surface area contributed by atoms with Crippen LogP contribution in [-0.2, 0) is 0 Å². The summed E-state index contributed by atoms with van der Waals surface area (Å²) in [6, 6.07) is 7.00. The Morgan fingerprint density at radius 1 is 1.42 bits per heavy atom. The smallest absolute Gasteiger partial charge is 0.139 e. The summed E-state index contributed by atoms with van der Waals surface area (Å²) in [5.41, 5.74) is 0.707. The second-order valence-electron chi connectivity index (χ2n) is 2.34. The Morgan fingerprint density at radius 3 is 2.42 bits per heavy atom. The van der Waals surface area contributed by atoms with Gasteiger partial charge in [-0.25, -0.2) is 0 Å². The minimum atomic E-state index is -0.823. The summed E-state index contributed by atoms with van der Waals surface area (Å²) < 4.78 is 4.95. The average molecular weight is 162 g/mol. The van der Waals surface area contributed by atoms with E-state index in [4.69, 9.17) is 11.2 Å². The molecule has 1 unspecified atom stereocenters. The molecule has 1 N–H and O–H groups in total. The molecule has 0 aliphatic rings. The zero-order valence-corrected chi connectivity index (χ0v) is 6.82. The highest BCUT2D eigenvalue weighted by Crippen LogP contribution is 2.16. The molecule has 1 atom stereocenters. The van der Waals surface area contributed by atoms with E-state index in [9.17, 15) is 5.11 Å². The van der Waals surface area contributed by atoms with Gasteiger partial charge in [-0.1, -0.05) is 18.1 Å². The van der Waals surface area contributed by atoms with Gasteiger partial charge in [-0.15, -0.1) is 6.42 Å². The third kappa shape index (κ3) is 1.77. The average Bonchev–Trinajstić information content (AvgIpc) is 2.17. The van der Waals surface area contributed by atoms with Crippen molar-refractivity contribution in [2.75, 3.05) is 7.11 Å². The van der Waals surface area contributed by atoms with Crippen molar-refractivity contribution in [2.24, 2.45) is 0 Å². The van der Waals surface area contributed by atoms with Gasteiger partial charge >= 0.3 is 0 Å². The van der Waals surface area contributed by atoms with Crippen LogP contribution < -0.4 is 4.74 Å². The van der Waals surface area contributed by atoms with Gasteiger partial charge in [0.25, 0.3) is 0 Å². The zero-order valence-electron chi connectivity index (χ0n) is 6.82. The van der Waals surface area contributed by atoms with Crippen LogP contribution in [0, 0.1) is 12.3 Å². The van der Waals surface area contributed by atoms with Gasteiger partial charge in [-0.3, -0.25) is 0 Å². The molecule has 1 aromatic carbocycles. The second kappa shape index (κ2) is 3.80. The number of hydrogen-bond acceptors (Lipinski definition) is 2. The Kier molecular flexibility index (Phi) is 2.73. The van der Waals surface area contributed by atoms with Crippen LogP contribution in [0.4, 0.5) is 0 Å². The molecular formula is C10H10O2. The van der Waals surface area contributed by atoms with Crippen LogP contribution >= 0.6 is 0 Å². The number of aliphatic hydroxyl groups excluding tert-OH is 1. The number of hydrogen-bond donors (Lipinski definition) is 1. The first-order valence-corrected chi connectivity index (χ1v) is 3.56. The lowest BCUT2D eigenvalue weighted by atomic mass is 10.1. The van der Waals surface area contributed by atoms with Crippen LogP contribution in [0.15, 0.2) is 24.3 Å². The molecule has 0 amide bonds. The van der Waals surface area contributed by atoms with Crippen LogP contribution in [-0.4, -0.2) is 12.2 Å². The molecular weight excluding hydrogens is 152 g/mol. The van der Waals surface area contributed by atoms with Crippen LogP contribution in [0.25, 0.3) is 0 Å². The highest BCUT2D eigenvalue weighted by molar-refractivity contribution is 5.30. The molecule has 0 aliphatic heterocycles. The molecule has 0 bridgehead atoms. The molecule has 0 aliphatic carbocycles. The number of terminal acetylenes is 1. The fraction of sp³-hybridized carbons (Fsp3) is 0.200. The molecule has 0 spiro atoms. The number of benzene rings is 1. The summed E-state index contributed by atoms with van der Waals surface area (Å²) in [6.45, 7) is 0. The molecule has 2 nitrogen and oxygen atoms in total. The van der Waals surface area contributed by atoms with Gasteiger partial charge in [0.05, 0.1) is 7.11 Å². The molecule has 1 aromatic rings. The lowest BCUT2D eigenvalue weighted by molar-refractivity contribution is 0.238. The van der Waals surface area contributed by atoms with Crippen molar-refractivity contribution in [3.05, 3.63) is 29.8 Å². The topological polar surface area (TPSA) is 29.5 Å². The van der Waals surface area contributed by atoms with E-state index in [1.54, 1.807) is 31.4 Å². The third-order valence-electron chi connectivity index (χ3n) is 1.59. The summed E-state index contributed by atoms with van der Waals surface area (Å²) in [5.74, 6) is 2.99. The predicted molar refractivity (Wildman–Crippen MR) is 46.8 cm³/mol. The van der Waals surface area contributed by atoms with Gasteiger partial charge in [-0.05, 0) is 17.7 Å². The van der Waals surface area contributed by atoms with Crippen molar-refractivity contribution in [3.63, 3.8) is 0 Å². The summed E-state index contributed by atoms with van der Waals surface area (Å²) in [6.07, 6.45) is 4.22. The normalized spacial score (nSPS) is 11.8. The molecule has 2 heteroatoms. The van der Waals surface area contributed by atoms with E-state index in [1.165, 1.54) is 0 Å². The van der Waals surface area contributed by atoms with Crippen LogP contribution in [0.2, 0.25) is 0 Å². The Morgan fingerprint density at radius 2 is 2.00 bits per heavy atom. The monoisotopic (exact) mass is 162 g/mol. The molecule has 0 saturated heterocycles. The van der Waals surface area contributed by atoms with Crippen molar-refractivity contribution in [1.82, 2.24) is 0 Å². The maximum atomic E-state index is 9.22. The highest BCUT2D eigenvalue weighted by atomic mass is 16.5. The molecule has 12 heavy (non-hydrogen) atoms. The first kappa shape index (κ1) is 8.63. The van der Waals surface area contributed by atoms with Gasteiger partial charge in [0.2, 0.25) is 0 Å². The Hall–Kier alpha value is -1.46. The Balaban J connectivity index is 2.86. The van der Waals surface area contributed by atoms with Crippen molar-refractivity contribution in [2.45, 2.75) is 6.10 Å². The number of methoxy groups -OCH3 is 1. The Bertz CT molecular complexity index is 282. The lowest BCUT2D eigenvalue weighted by Crippen LogP contribution is -1.92. The fourth-order valence-corrected chi connectivity index (χ4v) is 0.882. The largest absolute Gasteiger partial charge is 0.497 e. The molecule has 0 fully saturated rings. The third-order valence-corrected chi connectivity index (χ3v) is 1.59. The summed E-state index contributed by atoms with van der Waals surface area (Å²) in [5, 5.41) is 9.22. The first-order valence-electron chi connectivity index (χ1n) is 3.56. The predicted octanol–water partition coefficient (Wildman–Crippen LogP) is 1.36. The van der Waals surface area contributed by atoms with Crippen LogP contribution in [0.1, 0.15) is 11.7 Å². The maximum Gasteiger partial charge on any atom is 0.139 e. The van der Waals surface area contributed by atoms with Crippen LogP contribution in [0.5, 0.6) is 5.75 Å². The Labute approximate surface area is 71.8 Å². The number of rotatable bonds is 2. The van der Waals surface area contributed by atoms with Crippen molar-refractivity contribution in [3.8, 4) is 18.1 Å². The minimum Gasteiger partial charge on any atom is -0.497 e. The van der Waals surface area contributed by atoms with Crippen LogP contribution in [0.3, 0.4) is 0 Å².